The standard InChI is InChI=1S/C16H20ClNO2S/c1-3-9-19-13-5-7-14(8-6-13)20-15(4-2)16-18-12(10-17)11-21-16/h5-8,11,15H,3-4,9-10H2,1-2H3. The van der Waals surface area contributed by atoms with Crippen molar-refractivity contribution in [3.05, 3.63) is 40.3 Å². The zero-order chi connectivity index (χ0) is 15.1. The Morgan fingerprint density at radius 1 is 1.19 bits per heavy atom. The maximum atomic E-state index is 6.02. The average molecular weight is 326 g/mol. The highest BCUT2D eigenvalue weighted by molar-refractivity contribution is 7.09. The van der Waals surface area contributed by atoms with Gasteiger partial charge in [0.25, 0.3) is 0 Å². The van der Waals surface area contributed by atoms with Crippen LogP contribution in [0, 0.1) is 0 Å². The lowest BCUT2D eigenvalue weighted by molar-refractivity contribution is 0.200. The molecule has 2 aromatic rings. The molecule has 114 valence electrons. The van der Waals surface area contributed by atoms with Crippen molar-refractivity contribution in [1.82, 2.24) is 4.98 Å². The van der Waals surface area contributed by atoms with E-state index in [1.165, 1.54) is 0 Å². The molecule has 0 saturated heterocycles. The normalized spacial score (nSPS) is 12.1. The molecule has 1 aromatic heterocycles. The van der Waals surface area contributed by atoms with Crippen LogP contribution in [0.25, 0.3) is 0 Å². The predicted molar refractivity (Wildman–Crippen MR) is 87.6 cm³/mol. The molecule has 0 N–H and O–H groups in total. The zero-order valence-corrected chi connectivity index (χ0v) is 13.9. The van der Waals surface area contributed by atoms with Crippen LogP contribution in [0.3, 0.4) is 0 Å². The van der Waals surface area contributed by atoms with Gasteiger partial charge >= 0.3 is 0 Å². The molecule has 0 fully saturated rings. The summed E-state index contributed by atoms with van der Waals surface area (Å²) in [6.07, 6.45) is 1.83. The minimum Gasteiger partial charge on any atom is -0.494 e. The third-order valence-corrected chi connectivity index (χ3v) is 4.19. The maximum absolute atomic E-state index is 6.02. The van der Waals surface area contributed by atoms with Gasteiger partial charge in [0, 0.05) is 5.38 Å². The first-order valence-electron chi connectivity index (χ1n) is 7.16. The molecule has 3 nitrogen and oxygen atoms in total. The number of ether oxygens (including phenoxy) is 2. The van der Waals surface area contributed by atoms with Crippen LogP contribution in [0.2, 0.25) is 0 Å². The van der Waals surface area contributed by atoms with Crippen LogP contribution in [0.1, 0.15) is 43.5 Å². The van der Waals surface area contributed by atoms with Crippen LogP contribution in [0.15, 0.2) is 29.6 Å². The molecular weight excluding hydrogens is 306 g/mol. The van der Waals surface area contributed by atoms with Crippen molar-refractivity contribution in [3.63, 3.8) is 0 Å². The second-order valence-corrected chi connectivity index (χ2v) is 5.80. The maximum Gasteiger partial charge on any atom is 0.150 e. The lowest BCUT2D eigenvalue weighted by Crippen LogP contribution is -2.06. The van der Waals surface area contributed by atoms with E-state index in [9.17, 15) is 0 Å². The van der Waals surface area contributed by atoms with Crippen molar-refractivity contribution in [2.24, 2.45) is 0 Å². The Hall–Kier alpha value is -1.26. The number of hydrogen-bond acceptors (Lipinski definition) is 4. The Morgan fingerprint density at radius 3 is 2.48 bits per heavy atom. The predicted octanol–water partition coefficient (Wildman–Crippen LogP) is 5.20. The highest BCUT2D eigenvalue weighted by atomic mass is 35.5. The molecule has 0 spiro atoms. The van der Waals surface area contributed by atoms with E-state index in [1.807, 2.05) is 29.6 Å². The van der Waals surface area contributed by atoms with E-state index in [0.717, 1.165) is 41.6 Å². The summed E-state index contributed by atoms with van der Waals surface area (Å²) >= 11 is 7.39. The Labute approximate surface area is 134 Å². The number of hydrogen-bond donors (Lipinski definition) is 0. The quantitative estimate of drug-likeness (QED) is 0.625. The van der Waals surface area contributed by atoms with Gasteiger partial charge < -0.3 is 9.47 Å². The largest absolute Gasteiger partial charge is 0.494 e. The van der Waals surface area contributed by atoms with Crippen LogP contribution in [0.5, 0.6) is 11.5 Å². The Morgan fingerprint density at radius 2 is 1.90 bits per heavy atom. The van der Waals surface area contributed by atoms with Crippen LogP contribution < -0.4 is 9.47 Å². The summed E-state index contributed by atoms with van der Waals surface area (Å²) in [7, 11) is 0. The van der Waals surface area contributed by atoms with Gasteiger partial charge in [-0.15, -0.1) is 22.9 Å². The molecule has 0 aliphatic rings. The lowest BCUT2D eigenvalue weighted by Gasteiger charge is -2.15. The number of thiazole rings is 1. The minimum atomic E-state index is -0.0330. The van der Waals surface area contributed by atoms with Crippen molar-refractivity contribution in [1.29, 1.82) is 0 Å². The van der Waals surface area contributed by atoms with Crippen molar-refractivity contribution in [3.8, 4) is 11.5 Å². The van der Waals surface area contributed by atoms with Crippen LogP contribution >= 0.6 is 22.9 Å². The van der Waals surface area contributed by atoms with E-state index in [0.29, 0.717) is 5.88 Å². The van der Waals surface area contributed by atoms with E-state index in [1.54, 1.807) is 11.3 Å². The molecule has 21 heavy (non-hydrogen) atoms. The molecule has 0 bridgehead atoms. The molecule has 1 atom stereocenters. The number of benzene rings is 1. The second-order valence-electron chi connectivity index (χ2n) is 4.65. The van der Waals surface area contributed by atoms with Crippen molar-refractivity contribution < 1.29 is 9.47 Å². The van der Waals surface area contributed by atoms with Crippen molar-refractivity contribution in [2.75, 3.05) is 6.61 Å². The average Bonchev–Trinajstić information content (AvgIpc) is 3.00. The fourth-order valence-corrected chi connectivity index (χ4v) is 3.00. The lowest BCUT2D eigenvalue weighted by atomic mass is 10.2. The van der Waals surface area contributed by atoms with Gasteiger partial charge in [-0.1, -0.05) is 13.8 Å². The smallest absolute Gasteiger partial charge is 0.150 e. The van der Waals surface area contributed by atoms with Gasteiger partial charge in [0.15, 0.2) is 0 Å². The van der Waals surface area contributed by atoms with Crippen molar-refractivity contribution in [2.45, 2.75) is 38.7 Å². The van der Waals surface area contributed by atoms with Gasteiger partial charge in [-0.05, 0) is 37.1 Å². The summed E-state index contributed by atoms with van der Waals surface area (Å²) in [5.74, 6) is 2.14. The molecule has 5 heteroatoms. The Bertz CT molecular complexity index is 541. The molecule has 0 radical (unpaired) electrons. The number of halogens is 1. The Balaban J connectivity index is 2.01. The Kier molecular flexibility index (Phi) is 6.33. The molecule has 0 amide bonds. The fraction of sp³-hybridized carbons (Fsp3) is 0.438. The van der Waals surface area contributed by atoms with Gasteiger partial charge in [0.1, 0.15) is 22.6 Å². The summed E-state index contributed by atoms with van der Waals surface area (Å²) in [5.41, 5.74) is 0.905. The van der Waals surface area contributed by atoms with E-state index >= 15 is 0 Å². The minimum absolute atomic E-state index is 0.0330. The first-order valence-corrected chi connectivity index (χ1v) is 8.58. The van der Waals surface area contributed by atoms with E-state index < -0.39 is 0 Å². The molecule has 0 saturated carbocycles. The number of alkyl halides is 1. The van der Waals surface area contributed by atoms with Gasteiger partial charge in [-0.25, -0.2) is 4.98 Å². The molecule has 1 heterocycles. The van der Waals surface area contributed by atoms with Crippen LogP contribution in [-0.4, -0.2) is 11.6 Å². The summed E-state index contributed by atoms with van der Waals surface area (Å²) in [6.45, 7) is 4.91. The zero-order valence-electron chi connectivity index (χ0n) is 12.3. The molecule has 1 unspecified atom stereocenters. The van der Waals surface area contributed by atoms with Gasteiger partial charge in [-0.3, -0.25) is 0 Å². The summed E-state index contributed by atoms with van der Waals surface area (Å²) in [6, 6.07) is 7.74. The summed E-state index contributed by atoms with van der Waals surface area (Å²) in [5, 5.41) is 2.95. The first kappa shape index (κ1) is 16.1. The molecule has 2 rings (SSSR count). The van der Waals surface area contributed by atoms with Gasteiger partial charge in [-0.2, -0.15) is 0 Å². The van der Waals surface area contributed by atoms with E-state index in [2.05, 4.69) is 18.8 Å². The molecular formula is C16H20ClNO2S. The SMILES string of the molecule is CCCOc1ccc(OC(CC)c2nc(CCl)cs2)cc1. The summed E-state index contributed by atoms with van der Waals surface area (Å²) in [4.78, 5) is 4.49. The highest BCUT2D eigenvalue weighted by Gasteiger charge is 2.15. The second kappa shape index (κ2) is 8.25. The third kappa shape index (κ3) is 4.61. The number of rotatable bonds is 8. The van der Waals surface area contributed by atoms with Gasteiger partial charge in [0.2, 0.25) is 0 Å². The molecule has 0 aliphatic carbocycles. The van der Waals surface area contributed by atoms with Gasteiger partial charge in [0.05, 0.1) is 18.2 Å². The van der Waals surface area contributed by atoms with Crippen molar-refractivity contribution >= 4 is 22.9 Å². The number of aromatic nitrogens is 1. The van der Waals surface area contributed by atoms with Crippen LogP contribution in [0.4, 0.5) is 0 Å². The monoisotopic (exact) mass is 325 g/mol. The fourth-order valence-electron chi connectivity index (χ4n) is 1.84. The number of nitrogens with zero attached hydrogens (tertiary/aromatic N) is 1. The highest BCUT2D eigenvalue weighted by Crippen LogP contribution is 2.28. The van der Waals surface area contributed by atoms with E-state index in [4.69, 9.17) is 21.1 Å². The summed E-state index contributed by atoms with van der Waals surface area (Å²) < 4.78 is 11.6. The molecule has 1 aromatic carbocycles. The third-order valence-electron chi connectivity index (χ3n) is 2.93. The topological polar surface area (TPSA) is 31.4 Å². The van der Waals surface area contributed by atoms with Crippen LogP contribution in [-0.2, 0) is 5.88 Å². The van der Waals surface area contributed by atoms with E-state index in [-0.39, 0.29) is 6.10 Å². The molecule has 0 aliphatic heterocycles. The first-order chi connectivity index (χ1) is 10.3.